The normalized spacial score (nSPS) is 26.8. The van der Waals surface area contributed by atoms with Gasteiger partial charge < -0.3 is 14.2 Å². The van der Waals surface area contributed by atoms with Gasteiger partial charge in [0.05, 0.1) is 19.8 Å². The van der Waals surface area contributed by atoms with E-state index in [1.165, 1.54) is 0 Å². The Labute approximate surface area is 189 Å². The number of hydrogen-bond donors (Lipinski definition) is 0. The Hall–Kier alpha value is -1.36. The van der Waals surface area contributed by atoms with Crippen LogP contribution in [0.15, 0.2) is 12.2 Å². The lowest BCUT2D eigenvalue weighted by atomic mass is 9.76. The number of esters is 2. The van der Waals surface area contributed by atoms with Crippen molar-refractivity contribution >= 4 is 11.9 Å². The molecule has 5 nitrogen and oxygen atoms in total. The molecule has 0 saturated carbocycles. The quantitative estimate of drug-likeness (QED) is 0.194. The Kier molecular flexibility index (Phi) is 11.1. The largest absolute Gasteiger partial charge is 0.463 e. The van der Waals surface area contributed by atoms with E-state index in [2.05, 4.69) is 33.8 Å². The highest BCUT2D eigenvalue weighted by atomic mass is 16.6. The topological polar surface area (TPSA) is 61.8 Å². The molecule has 1 fully saturated rings. The Morgan fingerprint density at radius 2 is 1.52 bits per heavy atom. The molecule has 31 heavy (non-hydrogen) atoms. The van der Waals surface area contributed by atoms with Crippen molar-refractivity contribution in [2.24, 2.45) is 23.7 Å². The number of allylic oxidation sites excluding steroid dienone is 1. The summed E-state index contributed by atoms with van der Waals surface area (Å²) in [5, 5.41) is 0. The molecule has 0 radical (unpaired) electrons. The van der Waals surface area contributed by atoms with Crippen LogP contribution in [0.25, 0.3) is 0 Å². The van der Waals surface area contributed by atoms with Crippen LogP contribution in [0.1, 0.15) is 91.9 Å². The summed E-state index contributed by atoms with van der Waals surface area (Å²) in [6, 6.07) is 0. The third kappa shape index (κ3) is 6.57. The molecular formula is C26H44O5. The third-order valence-corrected chi connectivity index (χ3v) is 7.14. The summed E-state index contributed by atoms with van der Waals surface area (Å²) >= 11 is 0. The molecule has 0 bridgehead atoms. The Bertz CT molecular complexity index is 552. The second kappa shape index (κ2) is 13.2. The monoisotopic (exact) mass is 436 g/mol. The minimum atomic E-state index is -1.65. The molecule has 5 heteroatoms. The zero-order chi connectivity index (χ0) is 22.7. The molecule has 0 N–H and O–H groups in total. The van der Waals surface area contributed by atoms with E-state index in [4.69, 9.17) is 14.2 Å². The summed E-state index contributed by atoms with van der Waals surface area (Å²) in [6.07, 6.45) is 14.3. The summed E-state index contributed by atoms with van der Waals surface area (Å²) in [5.74, 6) is -0.632. The molecule has 178 valence electrons. The van der Waals surface area contributed by atoms with Gasteiger partial charge in [0.15, 0.2) is 0 Å². The predicted octanol–water partition coefficient (Wildman–Crippen LogP) is 5.86. The predicted molar refractivity (Wildman–Crippen MR) is 123 cm³/mol. The van der Waals surface area contributed by atoms with Crippen LogP contribution in [0.4, 0.5) is 0 Å². The van der Waals surface area contributed by atoms with E-state index in [0.29, 0.717) is 31.7 Å². The van der Waals surface area contributed by atoms with Gasteiger partial charge in [0.2, 0.25) is 0 Å². The number of carbonyl (C=O) groups excluding carboxylic acids is 2. The van der Waals surface area contributed by atoms with Gasteiger partial charge in [-0.05, 0) is 43.4 Å². The van der Waals surface area contributed by atoms with Crippen LogP contribution in [0.3, 0.4) is 0 Å². The summed E-state index contributed by atoms with van der Waals surface area (Å²) in [6.45, 7) is 9.63. The van der Waals surface area contributed by atoms with Crippen LogP contribution < -0.4 is 0 Å². The van der Waals surface area contributed by atoms with E-state index < -0.39 is 17.5 Å². The fraction of sp³-hybridized carbons (Fsp3) is 0.846. The number of carbonyl (C=O) groups is 2. The molecule has 0 amide bonds. The van der Waals surface area contributed by atoms with E-state index >= 15 is 0 Å². The van der Waals surface area contributed by atoms with Crippen molar-refractivity contribution in [1.29, 1.82) is 0 Å². The van der Waals surface area contributed by atoms with Crippen molar-refractivity contribution in [3.05, 3.63) is 12.2 Å². The van der Waals surface area contributed by atoms with E-state index in [0.717, 1.165) is 64.2 Å². The van der Waals surface area contributed by atoms with E-state index in [1.54, 1.807) is 0 Å². The van der Waals surface area contributed by atoms with Crippen molar-refractivity contribution in [2.75, 3.05) is 19.8 Å². The molecule has 1 aliphatic heterocycles. The van der Waals surface area contributed by atoms with Gasteiger partial charge in [0, 0.05) is 5.92 Å². The highest BCUT2D eigenvalue weighted by Gasteiger charge is 2.62. The van der Waals surface area contributed by atoms with Crippen LogP contribution in [-0.4, -0.2) is 37.4 Å². The van der Waals surface area contributed by atoms with Crippen LogP contribution in [0.5, 0.6) is 0 Å². The highest BCUT2D eigenvalue weighted by molar-refractivity contribution is 6.05. The first-order valence-corrected chi connectivity index (χ1v) is 12.7. The SMILES string of the molecule is CCCCC(CC)COC(=O)C1(C(=O)OCC(CC)CCCC)OCC2CCC=CC21. The molecule has 4 unspecified atom stereocenters. The zero-order valence-corrected chi connectivity index (χ0v) is 20.2. The maximum atomic E-state index is 13.4. The van der Waals surface area contributed by atoms with Crippen molar-refractivity contribution in [3.63, 3.8) is 0 Å². The second-order valence-corrected chi connectivity index (χ2v) is 9.37. The average molecular weight is 437 g/mol. The molecular weight excluding hydrogens is 392 g/mol. The Morgan fingerprint density at radius 1 is 0.968 bits per heavy atom. The molecule has 1 aliphatic carbocycles. The molecule has 2 aliphatic rings. The maximum Gasteiger partial charge on any atom is 0.350 e. The van der Waals surface area contributed by atoms with Crippen molar-refractivity contribution in [2.45, 2.75) is 97.5 Å². The summed E-state index contributed by atoms with van der Waals surface area (Å²) in [4.78, 5) is 26.7. The lowest BCUT2D eigenvalue weighted by molar-refractivity contribution is -0.190. The smallest absolute Gasteiger partial charge is 0.350 e. The Balaban J connectivity index is 2.12. The number of unbranched alkanes of at least 4 members (excludes halogenated alkanes) is 2. The van der Waals surface area contributed by atoms with E-state index in [1.807, 2.05) is 6.08 Å². The minimum Gasteiger partial charge on any atom is -0.463 e. The van der Waals surface area contributed by atoms with Crippen molar-refractivity contribution in [1.82, 2.24) is 0 Å². The van der Waals surface area contributed by atoms with Crippen LogP contribution >= 0.6 is 0 Å². The first kappa shape index (κ1) is 25.9. The maximum absolute atomic E-state index is 13.4. The number of fused-ring (bicyclic) bond motifs is 1. The highest BCUT2D eigenvalue weighted by Crippen LogP contribution is 2.44. The molecule has 0 spiro atoms. The van der Waals surface area contributed by atoms with E-state index in [-0.39, 0.29) is 11.8 Å². The Morgan fingerprint density at radius 3 is 2.00 bits per heavy atom. The first-order valence-electron chi connectivity index (χ1n) is 12.7. The second-order valence-electron chi connectivity index (χ2n) is 9.37. The standard InChI is InChI=1S/C26H44O5/c1-5-9-13-20(7-3)17-29-24(27)26(23-16-12-11-15-22(23)19-31-26)25(28)30-18-21(8-4)14-10-6-2/h12,16,20-23H,5-11,13-15,17-19H2,1-4H3. The first-order chi connectivity index (χ1) is 15.0. The van der Waals surface area contributed by atoms with Gasteiger partial charge in [-0.25, -0.2) is 9.59 Å². The van der Waals surface area contributed by atoms with Crippen LogP contribution in [0, 0.1) is 23.7 Å². The molecule has 1 heterocycles. The van der Waals surface area contributed by atoms with E-state index in [9.17, 15) is 9.59 Å². The van der Waals surface area contributed by atoms with Gasteiger partial charge in [-0.1, -0.05) is 78.4 Å². The molecule has 0 aromatic carbocycles. The molecule has 0 aromatic rings. The minimum absolute atomic E-state index is 0.161. The summed E-state index contributed by atoms with van der Waals surface area (Å²) in [5.41, 5.74) is -1.65. The molecule has 4 atom stereocenters. The zero-order valence-electron chi connectivity index (χ0n) is 20.2. The number of hydrogen-bond acceptors (Lipinski definition) is 5. The molecule has 2 rings (SSSR count). The fourth-order valence-corrected chi connectivity index (χ4v) is 4.75. The lowest BCUT2D eigenvalue weighted by Gasteiger charge is -2.32. The average Bonchev–Trinajstić information content (AvgIpc) is 3.20. The lowest BCUT2D eigenvalue weighted by Crippen LogP contribution is -2.54. The van der Waals surface area contributed by atoms with Crippen molar-refractivity contribution < 1.29 is 23.8 Å². The van der Waals surface area contributed by atoms with Gasteiger partial charge >= 0.3 is 11.9 Å². The van der Waals surface area contributed by atoms with Gasteiger partial charge in [-0.3, -0.25) is 0 Å². The van der Waals surface area contributed by atoms with Gasteiger partial charge in [0.25, 0.3) is 5.60 Å². The van der Waals surface area contributed by atoms with Crippen LogP contribution in [-0.2, 0) is 23.8 Å². The number of ether oxygens (including phenoxy) is 3. The van der Waals surface area contributed by atoms with Gasteiger partial charge in [0.1, 0.15) is 0 Å². The van der Waals surface area contributed by atoms with Gasteiger partial charge in [-0.2, -0.15) is 0 Å². The summed E-state index contributed by atoms with van der Waals surface area (Å²) in [7, 11) is 0. The summed E-state index contributed by atoms with van der Waals surface area (Å²) < 4.78 is 17.5. The third-order valence-electron chi connectivity index (χ3n) is 7.14. The van der Waals surface area contributed by atoms with Gasteiger partial charge in [-0.15, -0.1) is 0 Å². The molecule has 1 saturated heterocycles. The van der Waals surface area contributed by atoms with Crippen molar-refractivity contribution in [3.8, 4) is 0 Å². The van der Waals surface area contributed by atoms with Crippen LogP contribution in [0.2, 0.25) is 0 Å². The molecule has 0 aromatic heterocycles. The fourth-order valence-electron chi connectivity index (χ4n) is 4.75. The number of rotatable bonds is 14.